The van der Waals surface area contributed by atoms with E-state index in [1.165, 1.54) is 0 Å². The first-order chi connectivity index (χ1) is 10.4. The van der Waals surface area contributed by atoms with Crippen molar-refractivity contribution in [2.24, 2.45) is 5.14 Å². The Kier molecular flexibility index (Phi) is 5.47. The summed E-state index contributed by atoms with van der Waals surface area (Å²) in [6, 6.07) is 3.43. The van der Waals surface area contributed by atoms with Gasteiger partial charge in [0.1, 0.15) is 5.75 Å². The highest BCUT2D eigenvalue weighted by Gasteiger charge is 2.31. The summed E-state index contributed by atoms with van der Waals surface area (Å²) in [5.41, 5.74) is 1.80. The van der Waals surface area contributed by atoms with E-state index >= 15 is 0 Å². The van der Waals surface area contributed by atoms with Gasteiger partial charge in [-0.2, -0.15) is 0 Å². The number of benzene rings is 1. The molecule has 1 unspecified atom stereocenters. The topological polar surface area (TPSA) is 72.6 Å². The predicted octanol–water partition coefficient (Wildman–Crippen LogP) is 2.45. The highest BCUT2D eigenvalue weighted by Crippen LogP contribution is 2.40. The van der Waals surface area contributed by atoms with Gasteiger partial charge in [-0.1, -0.05) is 13.8 Å². The Balaban J connectivity index is 2.62. The Bertz CT molecular complexity index is 629. The third-order valence-corrected chi connectivity index (χ3v) is 5.22. The lowest BCUT2D eigenvalue weighted by Gasteiger charge is -2.26. The fourth-order valence-corrected chi connectivity index (χ4v) is 4.05. The van der Waals surface area contributed by atoms with Gasteiger partial charge in [0, 0.05) is 6.04 Å². The van der Waals surface area contributed by atoms with Crippen LogP contribution in [0.15, 0.2) is 17.0 Å². The van der Waals surface area contributed by atoms with Gasteiger partial charge in [-0.05, 0) is 62.5 Å². The van der Waals surface area contributed by atoms with Gasteiger partial charge in [-0.15, -0.1) is 0 Å². The molecule has 1 heterocycles. The van der Waals surface area contributed by atoms with Gasteiger partial charge >= 0.3 is 0 Å². The van der Waals surface area contributed by atoms with Gasteiger partial charge < -0.3 is 4.74 Å². The summed E-state index contributed by atoms with van der Waals surface area (Å²) >= 11 is 0. The molecule has 1 aliphatic rings. The average molecular weight is 326 g/mol. The van der Waals surface area contributed by atoms with E-state index in [1.54, 1.807) is 12.1 Å². The minimum atomic E-state index is -3.75. The average Bonchev–Trinajstić information content (AvgIpc) is 2.88. The second-order valence-corrected chi connectivity index (χ2v) is 7.37. The minimum Gasteiger partial charge on any atom is -0.493 e. The quantitative estimate of drug-likeness (QED) is 0.871. The molecule has 0 saturated carbocycles. The Morgan fingerprint density at radius 3 is 2.59 bits per heavy atom. The number of sulfonamides is 1. The summed E-state index contributed by atoms with van der Waals surface area (Å²) in [6.07, 6.45) is 3.65. The molecule has 2 N–H and O–H groups in total. The zero-order chi connectivity index (χ0) is 16.3. The van der Waals surface area contributed by atoms with Crippen molar-refractivity contribution < 1.29 is 13.2 Å². The van der Waals surface area contributed by atoms with Crippen molar-refractivity contribution in [3.63, 3.8) is 0 Å². The molecule has 0 bridgehead atoms. The Morgan fingerprint density at radius 1 is 1.36 bits per heavy atom. The van der Waals surface area contributed by atoms with Crippen LogP contribution < -0.4 is 9.88 Å². The molecule has 0 aliphatic carbocycles. The van der Waals surface area contributed by atoms with Crippen molar-refractivity contribution in [1.29, 1.82) is 0 Å². The first kappa shape index (κ1) is 17.2. The van der Waals surface area contributed by atoms with Crippen molar-refractivity contribution in [3.05, 3.63) is 23.3 Å². The monoisotopic (exact) mass is 326 g/mol. The maximum Gasteiger partial charge on any atom is 0.238 e. The van der Waals surface area contributed by atoms with Gasteiger partial charge in [-0.25, -0.2) is 13.6 Å². The number of primary sulfonamides is 1. The minimum absolute atomic E-state index is 0.0912. The van der Waals surface area contributed by atoms with E-state index in [9.17, 15) is 8.42 Å². The number of rotatable bonds is 6. The molecule has 0 amide bonds. The molecule has 124 valence electrons. The zero-order valence-electron chi connectivity index (χ0n) is 13.6. The van der Waals surface area contributed by atoms with E-state index in [2.05, 4.69) is 11.8 Å². The molecule has 22 heavy (non-hydrogen) atoms. The van der Waals surface area contributed by atoms with Crippen LogP contribution in [-0.4, -0.2) is 33.5 Å². The van der Waals surface area contributed by atoms with Crippen LogP contribution in [0.1, 0.15) is 50.3 Å². The molecular formula is C16H26N2O3S. The van der Waals surface area contributed by atoms with Crippen LogP contribution in [0.5, 0.6) is 5.75 Å². The van der Waals surface area contributed by atoms with Gasteiger partial charge in [0.2, 0.25) is 10.0 Å². The maximum atomic E-state index is 12.0. The summed E-state index contributed by atoms with van der Waals surface area (Å²) in [5.74, 6) is 0.784. The molecule has 1 saturated heterocycles. The lowest BCUT2D eigenvalue weighted by atomic mass is 9.96. The highest BCUT2D eigenvalue weighted by molar-refractivity contribution is 7.89. The first-order valence-electron chi connectivity index (χ1n) is 7.91. The highest BCUT2D eigenvalue weighted by atomic mass is 32.2. The van der Waals surface area contributed by atoms with Gasteiger partial charge in [-0.3, -0.25) is 4.90 Å². The molecule has 1 aliphatic heterocycles. The third-order valence-electron chi connectivity index (χ3n) is 4.25. The second-order valence-electron chi connectivity index (χ2n) is 5.84. The van der Waals surface area contributed by atoms with Crippen molar-refractivity contribution in [2.45, 2.75) is 50.5 Å². The molecule has 1 aromatic carbocycles. The predicted molar refractivity (Wildman–Crippen MR) is 87.6 cm³/mol. The zero-order valence-corrected chi connectivity index (χ0v) is 14.4. The molecule has 0 spiro atoms. The number of hydrogen-bond acceptors (Lipinski definition) is 4. The van der Waals surface area contributed by atoms with Crippen molar-refractivity contribution >= 4 is 10.0 Å². The second kappa shape index (κ2) is 6.98. The molecule has 5 nitrogen and oxygen atoms in total. The van der Waals surface area contributed by atoms with E-state index in [-0.39, 0.29) is 10.9 Å². The fourth-order valence-electron chi connectivity index (χ4n) is 3.22. The smallest absolute Gasteiger partial charge is 0.238 e. The van der Waals surface area contributed by atoms with E-state index in [0.717, 1.165) is 49.1 Å². The number of ether oxygens (including phenoxy) is 1. The Morgan fingerprint density at radius 2 is 2.09 bits per heavy atom. The summed E-state index contributed by atoms with van der Waals surface area (Å²) in [7, 11) is -1.72. The van der Waals surface area contributed by atoms with Crippen LogP contribution in [-0.2, 0) is 16.4 Å². The van der Waals surface area contributed by atoms with Crippen molar-refractivity contribution in [3.8, 4) is 5.75 Å². The normalized spacial score (nSPS) is 19.5. The number of hydrogen-bond donors (Lipinski definition) is 1. The van der Waals surface area contributed by atoms with E-state index in [1.807, 2.05) is 14.0 Å². The van der Waals surface area contributed by atoms with Crippen LogP contribution in [0, 0.1) is 0 Å². The Labute approximate surface area is 133 Å². The molecule has 2 rings (SSSR count). The van der Waals surface area contributed by atoms with E-state index in [0.29, 0.717) is 6.61 Å². The maximum absolute atomic E-state index is 12.0. The van der Waals surface area contributed by atoms with Gasteiger partial charge in [0.15, 0.2) is 0 Å². The summed E-state index contributed by atoms with van der Waals surface area (Å²) in [6.45, 7) is 5.68. The molecule has 1 atom stereocenters. The summed E-state index contributed by atoms with van der Waals surface area (Å²) < 4.78 is 29.9. The van der Waals surface area contributed by atoms with Crippen molar-refractivity contribution in [2.75, 3.05) is 20.2 Å². The standard InChI is InChI=1S/C16H26N2O3S/c1-4-11-21-14-8-9-15(22(17,19)20)16(12(14)5-2)13-7-6-10-18(13)3/h8-9,13H,4-7,10-11H2,1-3H3,(H2,17,19,20). The molecule has 1 aromatic rings. The van der Waals surface area contributed by atoms with Crippen LogP contribution >= 0.6 is 0 Å². The van der Waals surface area contributed by atoms with Gasteiger partial charge in [0.25, 0.3) is 0 Å². The van der Waals surface area contributed by atoms with E-state index in [4.69, 9.17) is 9.88 Å². The fraction of sp³-hybridized carbons (Fsp3) is 0.625. The number of nitrogens with zero attached hydrogens (tertiary/aromatic N) is 1. The van der Waals surface area contributed by atoms with Gasteiger partial charge in [0.05, 0.1) is 11.5 Å². The number of likely N-dealkylation sites (tertiary alicyclic amines) is 1. The summed E-state index contributed by atoms with van der Waals surface area (Å²) in [5, 5.41) is 5.46. The van der Waals surface area contributed by atoms with Crippen LogP contribution in [0.4, 0.5) is 0 Å². The molecule has 0 aromatic heterocycles. The van der Waals surface area contributed by atoms with Crippen LogP contribution in [0.25, 0.3) is 0 Å². The SMILES string of the molecule is CCCOc1ccc(S(N)(=O)=O)c(C2CCCN2C)c1CC. The Hall–Kier alpha value is -1.11. The number of nitrogens with two attached hydrogens (primary N) is 1. The molecule has 1 fully saturated rings. The third kappa shape index (κ3) is 3.45. The van der Waals surface area contributed by atoms with E-state index < -0.39 is 10.0 Å². The largest absolute Gasteiger partial charge is 0.493 e. The van der Waals surface area contributed by atoms with Crippen LogP contribution in [0.3, 0.4) is 0 Å². The lowest BCUT2D eigenvalue weighted by molar-refractivity contribution is 0.299. The van der Waals surface area contributed by atoms with Crippen molar-refractivity contribution in [1.82, 2.24) is 4.90 Å². The first-order valence-corrected chi connectivity index (χ1v) is 9.46. The molecule has 0 radical (unpaired) electrons. The molecule has 6 heteroatoms. The lowest BCUT2D eigenvalue weighted by Crippen LogP contribution is -2.24. The van der Waals surface area contributed by atoms with Crippen LogP contribution in [0.2, 0.25) is 0 Å². The molecular weight excluding hydrogens is 300 g/mol. The summed E-state index contributed by atoms with van der Waals surface area (Å²) in [4.78, 5) is 2.44.